The highest BCUT2D eigenvalue weighted by molar-refractivity contribution is 5.29. The van der Waals surface area contributed by atoms with E-state index in [-0.39, 0.29) is 0 Å². The first kappa shape index (κ1) is 7.29. The summed E-state index contributed by atoms with van der Waals surface area (Å²) in [6.45, 7) is 4.55. The molecule has 0 amide bonds. The molecular weight excluding hydrogens is 122 g/mol. The lowest BCUT2D eigenvalue weighted by molar-refractivity contribution is 1.02. The third kappa shape index (κ3) is 1.36. The third-order valence-electron chi connectivity index (χ3n) is 1.78. The van der Waals surface area contributed by atoms with Crippen LogP contribution >= 0.6 is 0 Å². The third-order valence-corrected chi connectivity index (χ3v) is 1.78. The van der Waals surface area contributed by atoms with Gasteiger partial charge < -0.3 is 0 Å². The van der Waals surface area contributed by atoms with Gasteiger partial charge in [0.15, 0.2) is 0 Å². The molecule has 0 unspecified atom stereocenters. The molecule has 0 spiro atoms. The summed E-state index contributed by atoms with van der Waals surface area (Å²) in [5, 5.41) is 0. The van der Waals surface area contributed by atoms with Crippen molar-refractivity contribution in [2.45, 2.75) is 20.4 Å². The van der Waals surface area contributed by atoms with Crippen LogP contribution in [0.4, 0.5) is 0 Å². The summed E-state index contributed by atoms with van der Waals surface area (Å²) in [7, 11) is 0. The molecule has 53 valence electrons. The SMILES string of the molecule is Cc1ccc(C[NH])cc1C. The summed E-state index contributed by atoms with van der Waals surface area (Å²) in [5.41, 5.74) is 10.8. The maximum atomic E-state index is 7.11. The van der Waals surface area contributed by atoms with Gasteiger partial charge in [-0.3, -0.25) is 5.73 Å². The second-order valence-corrected chi connectivity index (χ2v) is 2.60. The van der Waals surface area contributed by atoms with Gasteiger partial charge in [-0.1, -0.05) is 18.2 Å². The van der Waals surface area contributed by atoms with E-state index in [0.717, 1.165) is 5.56 Å². The lowest BCUT2D eigenvalue weighted by Crippen LogP contribution is -1.87. The zero-order valence-corrected chi connectivity index (χ0v) is 6.44. The van der Waals surface area contributed by atoms with Gasteiger partial charge in [0.25, 0.3) is 0 Å². The Morgan fingerprint density at radius 2 is 1.90 bits per heavy atom. The Morgan fingerprint density at radius 3 is 2.40 bits per heavy atom. The summed E-state index contributed by atoms with van der Waals surface area (Å²) < 4.78 is 0. The van der Waals surface area contributed by atoms with E-state index in [4.69, 9.17) is 5.73 Å². The minimum absolute atomic E-state index is 0.390. The monoisotopic (exact) mass is 134 g/mol. The fourth-order valence-electron chi connectivity index (χ4n) is 0.913. The quantitative estimate of drug-likeness (QED) is 0.561. The molecule has 0 heterocycles. The molecule has 1 N–H and O–H groups in total. The summed E-state index contributed by atoms with van der Waals surface area (Å²) in [6, 6.07) is 6.15. The maximum absolute atomic E-state index is 7.11. The van der Waals surface area contributed by atoms with E-state index in [1.807, 2.05) is 6.07 Å². The minimum Gasteiger partial charge on any atom is -0.253 e. The van der Waals surface area contributed by atoms with E-state index >= 15 is 0 Å². The van der Waals surface area contributed by atoms with Crippen molar-refractivity contribution in [2.75, 3.05) is 0 Å². The number of hydrogen-bond acceptors (Lipinski definition) is 0. The lowest BCUT2D eigenvalue weighted by Gasteiger charge is -2.00. The minimum atomic E-state index is 0.390. The van der Waals surface area contributed by atoms with Crippen molar-refractivity contribution in [3.63, 3.8) is 0 Å². The molecule has 0 saturated heterocycles. The van der Waals surface area contributed by atoms with Gasteiger partial charge in [0.2, 0.25) is 0 Å². The van der Waals surface area contributed by atoms with Crippen LogP contribution in [0.1, 0.15) is 16.7 Å². The largest absolute Gasteiger partial charge is 0.253 e. The van der Waals surface area contributed by atoms with Crippen LogP contribution in [0, 0.1) is 13.8 Å². The van der Waals surface area contributed by atoms with E-state index in [9.17, 15) is 0 Å². The predicted molar refractivity (Wildman–Crippen MR) is 42.7 cm³/mol. The van der Waals surface area contributed by atoms with Gasteiger partial charge in [-0.05, 0) is 30.5 Å². The number of nitrogens with one attached hydrogen (secondary N) is 1. The average Bonchev–Trinajstić information content (AvgIpc) is 1.95. The van der Waals surface area contributed by atoms with E-state index in [0.29, 0.717) is 6.54 Å². The Labute approximate surface area is 61.9 Å². The molecular formula is C9H12N. The summed E-state index contributed by atoms with van der Waals surface area (Å²) in [6.07, 6.45) is 0. The zero-order chi connectivity index (χ0) is 7.56. The van der Waals surface area contributed by atoms with Gasteiger partial charge in [-0.25, -0.2) is 0 Å². The zero-order valence-electron chi connectivity index (χ0n) is 6.44. The molecule has 0 aromatic heterocycles. The molecule has 1 heteroatoms. The molecule has 0 aliphatic heterocycles. The molecule has 1 radical (unpaired) electrons. The molecule has 0 fully saturated rings. The van der Waals surface area contributed by atoms with Crippen molar-refractivity contribution >= 4 is 0 Å². The predicted octanol–water partition coefficient (Wildman–Crippen LogP) is 2.09. The molecule has 0 saturated carbocycles. The van der Waals surface area contributed by atoms with Crippen molar-refractivity contribution < 1.29 is 0 Å². The van der Waals surface area contributed by atoms with Gasteiger partial charge in [-0.15, -0.1) is 0 Å². The molecule has 0 bridgehead atoms. The van der Waals surface area contributed by atoms with Crippen LogP contribution in [0.3, 0.4) is 0 Å². The molecule has 1 aromatic carbocycles. The Hall–Kier alpha value is -0.820. The van der Waals surface area contributed by atoms with Gasteiger partial charge in [0.1, 0.15) is 0 Å². The fourth-order valence-corrected chi connectivity index (χ4v) is 0.913. The van der Waals surface area contributed by atoms with Crippen molar-refractivity contribution in [3.05, 3.63) is 34.9 Å². The highest BCUT2D eigenvalue weighted by Crippen LogP contribution is 2.08. The highest BCUT2D eigenvalue weighted by Gasteiger charge is 1.92. The Bertz CT molecular complexity index is 228. The van der Waals surface area contributed by atoms with Gasteiger partial charge in [0, 0.05) is 6.54 Å². The summed E-state index contributed by atoms with van der Waals surface area (Å²) in [5.74, 6) is 0. The highest BCUT2D eigenvalue weighted by atomic mass is 14.5. The van der Waals surface area contributed by atoms with Crippen LogP contribution in [-0.2, 0) is 6.54 Å². The topological polar surface area (TPSA) is 23.8 Å². The van der Waals surface area contributed by atoms with Crippen LogP contribution < -0.4 is 5.73 Å². The molecule has 1 aromatic rings. The first-order valence-corrected chi connectivity index (χ1v) is 3.45. The number of benzene rings is 1. The van der Waals surface area contributed by atoms with Gasteiger partial charge in [0.05, 0.1) is 0 Å². The smallest absolute Gasteiger partial charge is 0.0351 e. The van der Waals surface area contributed by atoms with Crippen LogP contribution in [0.15, 0.2) is 18.2 Å². The normalized spacial score (nSPS) is 9.90. The summed E-state index contributed by atoms with van der Waals surface area (Å²) in [4.78, 5) is 0. The van der Waals surface area contributed by atoms with Crippen molar-refractivity contribution in [3.8, 4) is 0 Å². The van der Waals surface area contributed by atoms with Crippen LogP contribution in [-0.4, -0.2) is 0 Å². The second kappa shape index (κ2) is 2.84. The molecule has 1 rings (SSSR count). The molecule has 1 nitrogen and oxygen atoms in total. The number of hydrogen-bond donors (Lipinski definition) is 0. The van der Waals surface area contributed by atoms with Crippen LogP contribution in [0.25, 0.3) is 0 Å². The first-order valence-electron chi connectivity index (χ1n) is 3.45. The van der Waals surface area contributed by atoms with Crippen molar-refractivity contribution in [2.24, 2.45) is 0 Å². The Morgan fingerprint density at radius 1 is 1.20 bits per heavy atom. The van der Waals surface area contributed by atoms with Crippen molar-refractivity contribution in [1.29, 1.82) is 0 Å². The van der Waals surface area contributed by atoms with E-state index in [2.05, 4.69) is 26.0 Å². The maximum Gasteiger partial charge on any atom is 0.0351 e. The Balaban J connectivity index is 3.04. The van der Waals surface area contributed by atoms with Crippen LogP contribution in [0.5, 0.6) is 0 Å². The van der Waals surface area contributed by atoms with Gasteiger partial charge >= 0.3 is 0 Å². The lowest BCUT2D eigenvalue weighted by atomic mass is 10.1. The first-order chi connectivity index (χ1) is 4.74. The molecule has 0 aliphatic carbocycles. The average molecular weight is 134 g/mol. The van der Waals surface area contributed by atoms with E-state index < -0.39 is 0 Å². The fraction of sp³-hybridized carbons (Fsp3) is 0.333. The van der Waals surface area contributed by atoms with Gasteiger partial charge in [-0.2, -0.15) is 0 Å². The summed E-state index contributed by atoms with van der Waals surface area (Å²) >= 11 is 0. The van der Waals surface area contributed by atoms with E-state index in [1.165, 1.54) is 11.1 Å². The standard InChI is InChI=1S/C9H12N/c1-7-3-4-9(6-10)5-8(7)2/h3-5,10H,6H2,1-2H3. The van der Waals surface area contributed by atoms with Crippen molar-refractivity contribution in [1.82, 2.24) is 5.73 Å². The van der Waals surface area contributed by atoms with Crippen LogP contribution in [0.2, 0.25) is 0 Å². The second-order valence-electron chi connectivity index (χ2n) is 2.60. The molecule has 0 aliphatic rings. The number of aryl methyl sites for hydroxylation is 2. The number of rotatable bonds is 1. The molecule has 0 atom stereocenters. The molecule has 10 heavy (non-hydrogen) atoms. The van der Waals surface area contributed by atoms with E-state index in [1.54, 1.807) is 0 Å². The Kier molecular flexibility index (Phi) is 2.07.